The number of hydrogen-bond donors (Lipinski definition) is 2. The third kappa shape index (κ3) is 5.94. The van der Waals surface area contributed by atoms with Gasteiger partial charge in [-0.2, -0.15) is 0 Å². The molecule has 3 rings (SSSR count). The molecule has 33 heavy (non-hydrogen) atoms. The summed E-state index contributed by atoms with van der Waals surface area (Å²) < 4.78 is 20.0. The summed E-state index contributed by atoms with van der Waals surface area (Å²) in [6, 6.07) is 10.3. The molecule has 0 spiro atoms. The number of anilines is 1. The van der Waals surface area contributed by atoms with Gasteiger partial charge in [0.1, 0.15) is 18.0 Å². The van der Waals surface area contributed by atoms with Crippen molar-refractivity contribution < 1.29 is 28.6 Å². The lowest BCUT2D eigenvalue weighted by atomic mass is 9.99. The normalized spacial score (nSPS) is 16.0. The summed E-state index contributed by atoms with van der Waals surface area (Å²) in [5.41, 5.74) is -0.0707. The van der Waals surface area contributed by atoms with Crippen LogP contribution < -0.4 is 10.2 Å². The van der Waals surface area contributed by atoms with E-state index < -0.39 is 42.0 Å². The number of carboxylic acids is 1. The molecule has 1 aliphatic rings. The van der Waals surface area contributed by atoms with Gasteiger partial charge in [-0.05, 0) is 51.1 Å². The molecule has 0 fully saturated rings. The van der Waals surface area contributed by atoms with E-state index in [1.54, 1.807) is 26.8 Å². The van der Waals surface area contributed by atoms with Crippen LogP contribution in [0.1, 0.15) is 31.9 Å². The van der Waals surface area contributed by atoms with E-state index in [0.717, 1.165) is 4.90 Å². The minimum atomic E-state index is -1.38. The van der Waals surface area contributed by atoms with Crippen LogP contribution >= 0.6 is 11.6 Å². The van der Waals surface area contributed by atoms with E-state index in [-0.39, 0.29) is 29.1 Å². The lowest BCUT2D eigenvalue weighted by Gasteiger charge is -2.24. The van der Waals surface area contributed by atoms with Gasteiger partial charge in [0.05, 0.1) is 17.9 Å². The van der Waals surface area contributed by atoms with Crippen LogP contribution in [0.15, 0.2) is 47.5 Å². The largest absolute Gasteiger partial charge is 0.480 e. The number of ether oxygens (including phenoxy) is 1. The first-order chi connectivity index (χ1) is 15.5. The first kappa shape index (κ1) is 24.3. The monoisotopic (exact) mass is 475 g/mol. The van der Waals surface area contributed by atoms with Gasteiger partial charge < -0.3 is 9.84 Å². The van der Waals surface area contributed by atoms with Gasteiger partial charge in [-0.15, -0.1) is 0 Å². The highest BCUT2D eigenvalue weighted by Gasteiger charge is 2.34. The fourth-order valence-electron chi connectivity index (χ4n) is 3.31. The number of amides is 1. The number of nitrogens with zero attached hydrogens (tertiary/aromatic N) is 2. The maximum Gasteiger partial charge on any atom is 0.323 e. The number of hydrogen-bond acceptors (Lipinski definition) is 6. The number of halogens is 2. The van der Waals surface area contributed by atoms with Gasteiger partial charge in [0.15, 0.2) is 6.17 Å². The van der Waals surface area contributed by atoms with Gasteiger partial charge in [-0.25, -0.2) is 4.39 Å². The van der Waals surface area contributed by atoms with Crippen molar-refractivity contribution in [3.63, 3.8) is 0 Å². The number of nitrogens with one attached hydrogen (secondary N) is 1. The molecule has 2 aromatic carbocycles. The molecular formula is C23H23ClFN3O5. The zero-order valence-electron chi connectivity index (χ0n) is 18.3. The molecule has 1 unspecified atom stereocenters. The van der Waals surface area contributed by atoms with E-state index in [9.17, 15) is 23.9 Å². The van der Waals surface area contributed by atoms with Gasteiger partial charge in [-0.3, -0.25) is 29.6 Å². The predicted octanol–water partition coefficient (Wildman–Crippen LogP) is 3.01. The number of carbonyl (C=O) groups is 3. The second-order valence-electron chi connectivity index (χ2n) is 8.31. The van der Waals surface area contributed by atoms with Crippen molar-refractivity contribution in [1.29, 1.82) is 0 Å². The van der Waals surface area contributed by atoms with E-state index in [2.05, 4.69) is 10.3 Å². The summed E-state index contributed by atoms with van der Waals surface area (Å²) >= 11 is 6.17. The van der Waals surface area contributed by atoms with Gasteiger partial charge in [0.2, 0.25) is 0 Å². The third-order valence-corrected chi connectivity index (χ3v) is 4.78. The fraction of sp³-hybridized carbons (Fsp3) is 0.304. The Labute approximate surface area is 195 Å². The molecule has 0 saturated heterocycles. The van der Waals surface area contributed by atoms with Gasteiger partial charge >= 0.3 is 11.9 Å². The highest BCUT2D eigenvalue weighted by atomic mass is 35.5. The first-order valence-corrected chi connectivity index (χ1v) is 10.4. The lowest BCUT2D eigenvalue weighted by molar-refractivity contribution is -0.153. The Hall–Kier alpha value is -3.30. The zero-order valence-corrected chi connectivity index (χ0v) is 19.0. The molecule has 10 heteroatoms. The van der Waals surface area contributed by atoms with E-state index >= 15 is 0 Å². The average molecular weight is 476 g/mol. The maximum absolute atomic E-state index is 14.7. The fourth-order valence-corrected chi connectivity index (χ4v) is 3.48. The Morgan fingerprint density at radius 1 is 1.21 bits per heavy atom. The molecule has 0 saturated carbocycles. The van der Waals surface area contributed by atoms with Crippen LogP contribution in [-0.2, 0) is 19.1 Å². The zero-order chi connectivity index (χ0) is 24.3. The molecule has 1 atom stereocenters. The van der Waals surface area contributed by atoms with Crippen molar-refractivity contribution in [3.05, 3.63) is 64.4 Å². The Balaban J connectivity index is 2.11. The Morgan fingerprint density at radius 2 is 1.91 bits per heavy atom. The summed E-state index contributed by atoms with van der Waals surface area (Å²) in [5, 5.41) is 12.4. The summed E-state index contributed by atoms with van der Waals surface area (Å²) in [6.45, 7) is 4.05. The van der Waals surface area contributed by atoms with Crippen molar-refractivity contribution in [1.82, 2.24) is 5.32 Å². The van der Waals surface area contributed by atoms with E-state index in [0.29, 0.717) is 5.02 Å². The van der Waals surface area contributed by atoms with Crippen LogP contribution in [0.25, 0.3) is 0 Å². The smallest absolute Gasteiger partial charge is 0.323 e. The summed E-state index contributed by atoms with van der Waals surface area (Å²) in [5.74, 6) is -3.21. The predicted molar refractivity (Wildman–Crippen MR) is 121 cm³/mol. The molecule has 0 radical (unpaired) electrons. The van der Waals surface area contributed by atoms with Crippen molar-refractivity contribution >= 4 is 40.8 Å². The quantitative estimate of drug-likeness (QED) is 0.622. The van der Waals surface area contributed by atoms with Crippen LogP contribution in [-0.4, -0.2) is 53.5 Å². The number of aliphatic imine (C=N–C) groups is 1. The molecule has 1 heterocycles. The van der Waals surface area contributed by atoms with Crippen molar-refractivity contribution in [2.45, 2.75) is 32.5 Å². The molecule has 8 nitrogen and oxygen atoms in total. The van der Waals surface area contributed by atoms with Crippen molar-refractivity contribution in [2.75, 3.05) is 18.0 Å². The van der Waals surface area contributed by atoms with Gasteiger partial charge in [0, 0.05) is 16.1 Å². The summed E-state index contributed by atoms with van der Waals surface area (Å²) in [7, 11) is 0. The van der Waals surface area contributed by atoms with Gasteiger partial charge in [-0.1, -0.05) is 23.7 Å². The number of carbonyl (C=O) groups excluding carboxylic acids is 2. The number of benzene rings is 2. The molecule has 174 valence electrons. The first-order valence-electron chi connectivity index (χ1n) is 10.1. The molecule has 0 aromatic heterocycles. The highest BCUT2D eigenvalue weighted by molar-refractivity contribution is 6.32. The van der Waals surface area contributed by atoms with Crippen molar-refractivity contribution in [2.24, 2.45) is 4.99 Å². The number of fused-ring (bicyclic) bond motifs is 1. The standard InChI is InChI=1S/C23H23ClFN3O5/c1-23(2,3)33-19(31)11-26-21-22(32)28(12-18(29)30)17-9-8-13(24)10-15(17)20(27-21)14-6-4-5-7-16(14)25/h4-10,21,26H,11-12H2,1-3H3,(H,29,30). The number of benzodiazepines with no additional fused rings is 1. The Bertz CT molecular complexity index is 1130. The van der Waals surface area contributed by atoms with Crippen LogP contribution in [0.4, 0.5) is 10.1 Å². The molecule has 1 amide bonds. The summed E-state index contributed by atoms with van der Waals surface area (Å²) in [6.07, 6.45) is -1.38. The average Bonchev–Trinajstić information content (AvgIpc) is 2.81. The second kappa shape index (κ2) is 9.68. The maximum atomic E-state index is 14.7. The Kier molecular flexibility index (Phi) is 7.14. The van der Waals surface area contributed by atoms with E-state index in [1.807, 2.05) is 0 Å². The van der Waals surface area contributed by atoms with Crippen LogP contribution in [0.5, 0.6) is 0 Å². The van der Waals surface area contributed by atoms with Crippen LogP contribution in [0, 0.1) is 5.82 Å². The minimum Gasteiger partial charge on any atom is -0.480 e. The highest BCUT2D eigenvalue weighted by Crippen LogP contribution is 2.31. The summed E-state index contributed by atoms with van der Waals surface area (Å²) in [4.78, 5) is 42.4. The molecule has 0 aliphatic carbocycles. The second-order valence-corrected chi connectivity index (χ2v) is 8.74. The van der Waals surface area contributed by atoms with Crippen molar-refractivity contribution in [3.8, 4) is 0 Å². The third-order valence-electron chi connectivity index (χ3n) is 4.54. The molecular weight excluding hydrogens is 453 g/mol. The number of esters is 1. The Morgan fingerprint density at radius 3 is 2.55 bits per heavy atom. The molecule has 2 N–H and O–H groups in total. The van der Waals surface area contributed by atoms with E-state index in [1.165, 1.54) is 36.4 Å². The minimum absolute atomic E-state index is 0.0912. The number of carboxylic acid groups (broad SMARTS) is 1. The lowest BCUT2D eigenvalue weighted by Crippen LogP contribution is -2.48. The topological polar surface area (TPSA) is 108 Å². The SMILES string of the molecule is CC(C)(C)OC(=O)CNC1N=C(c2ccccc2F)c2cc(Cl)ccc2N(CC(=O)O)C1=O. The molecule has 2 aromatic rings. The van der Waals surface area contributed by atoms with Crippen LogP contribution in [0.3, 0.4) is 0 Å². The number of aliphatic carboxylic acids is 1. The number of rotatable bonds is 6. The van der Waals surface area contributed by atoms with Gasteiger partial charge in [0.25, 0.3) is 5.91 Å². The van der Waals surface area contributed by atoms with Crippen LogP contribution in [0.2, 0.25) is 5.02 Å². The molecule has 1 aliphatic heterocycles. The van der Waals surface area contributed by atoms with E-state index in [4.69, 9.17) is 16.3 Å². The molecule has 0 bridgehead atoms.